The highest BCUT2D eigenvalue weighted by atomic mass is 16.5. The molecule has 0 N–H and O–H groups in total. The van der Waals surface area contributed by atoms with Crippen molar-refractivity contribution >= 4 is 5.78 Å². The molecule has 42 heavy (non-hydrogen) atoms. The molecule has 0 saturated heterocycles. The Hall–Kier alpha value is -4.30. The van der Waals surface area contributed by atoms with Crippen LogP contribution in [0.4, 0.5) is 0 Å². The largest absolute Gasteiger partial charge is 0.376 e. The van der Waals surface area contributed by atoms with Crippen LogP contribution >= 0.6 is 0 Å². The van der Waals surface area contributed by atoms with Gasteiger partial charge in [-0.3, -0.25) is 4.79 Å². The topological polar surface area (TPSA) is 103 Å². The molecule has 0 amide bonds. The highest BCUT2D eigenvalue weighted by Crippen LogP contribution is 2.20. The van der Waals surface area contributed by atoms with Crippen LogP contribution in [-0.4, -0.2) is 37.2 Å². The number of rotatable bonds is 18. The molecule has 0 bridgehead atoms. The number of carbonyl (C=O) groups is 1. The third-order valence-corrected chi connectivity index (χ3v) is 6.51. The van der Waals surface area contributed by atoms with Gasteiger partial charge in [0.25, 0.3) is 0 Å². The van der Waals surface area contributed by atoms with E-state index in [2.05, 4.69) is 10.0 Å². The van der Waals surface area contributed by atoms with Crippen LogP contribution < -0.4 is 0 Å². The van der Waals surface area contributed by atoms with Gasteiger partial charge in [0.2, 0.25) is 0 Å². The Morgan fingerprint density at radius 1 is 0.619 bits per heavy atom. The number of ketones is 1. The second-order valence-electron chi connectivity index (χ2n) is 9.70. The Morgan fingerprint density at radius 2 is 1.05 bits per heavy atom. The van der Waals surface area contributed by atoms with Gasteiger partial charge in [-0.25, -0.2) is 0 Å². The summed E-state index contributed by atoms with van der Waals surface area (Å²) in [5.41, 5.74) is 13.2. The molecular formula is C34H35N3O5. The van der Waals surface area contributed by atoms with Crippen molar-refractivity contribution in [2.24, 2.45) is 5.11 Å². The molecule has 0 aromatic heterocycles. The first kappa shape index (κ1) is 30.7. The molecule has 4 aromatic carbocycles. The first-order valence-electron chi connectivity index (χ1n) is 13.8. The Balaban J connectivity index is 1.55. The minimum absolute atomic E-state index is 0.0295. The first-order chi connectivity index (χ1) is 20.7. The molecule has 216 valence electrons. The minimum atomic E-state index is -1.08. The third kappa shape index (κ3) is 10.3. The number of nitrogens with zero attached hydrogens (tertiary/aromatic N) is 3. The maximum absolute atomic E-state index is 13.7. The fourth-order valence-corrected chi connectivity index (χ4v) is 4.36. The van der Waals surface area contributed by atoms with Crippen molar-refractivity contribution in [2.45, 2.75) is 44.7 Å². The van der Waals surface area contributed by atoms with E-state index in [1.54, 1.807) is 0 Å². The van der Waals surface area contributed by atoms with Crippen LogP contribution in [-0.2, 0) is 50.2 Å². The number of ether oxygens (including phenoxy) is 4. The van der Waals surface area contributed by atoms with E-state index in [9.17, 15) is 10.3 Å². The van der Waals surface area contributed by atoms with Gasteiger partial charge < -0.3 is 18.9 Å². The van der Waals surface area contributed by atoms with Crippen LogP contribution in [0.2, 0.25) is 0 Å². The average molecular weight is 566 g/mol. The molecule has 0 saturated carbocycles. The highest BCUT2D eigenvalue weighted by molar-refractivity contribution is 5.85. The van der Waals surface area contributed by atoms with Crippen molar-refractivity contribution in [3.8, 4) is 0 Å². The Morgan fingerprint density at radius 3 is 1.52 bits per heavy atom. The van der Waals surface area contributed by atoms with Crippen LogP contribution in [0.5, 0.6) is 0 Å². The fraction of sp³-hybridized carbons (Fsp3) is 0.265. The standard InChI is InChI=1S/C34H35N3O5/c35-37-36-31(25-39-21-27-13-5-1-6-14-27)33(41-23-29-17-9-3-10-18-29)34(42-24-30-19-11-4-12-20-30)32(38)26-40-22-28-15-7-2-8-16-28/h1-20,31,33-34H,21-26H2/t31-,33+,34-/m1/s1. The van der Waals surface area contributed by atoms with E-state index in [4.69, 9.17) is 18.9 Å². The number of Topliss-reactive ketones (excluding diaryl/α,β-unsaturated/α-hetero) is 1. The summed E-state index contributed by atoms with van der Waals surface area (Å²) < 4.78 is 24.3. The van der Waals surface area contributed by atoms with Crippen LogP contribution in [0.1, 0.15) is 22.3 Å². The Labute approximate surface area is 246 Å². The molecule has 0 aliphatic heterocycles. The summed E-state index contributed by atoms with van der Waals surface area (Å²) in [5.74, 6) is -0.318. The Bertz CT molecular complexity index is 1370. The number of carbonyl (C=O) groups excluding carboxylic acids is 1. The summed E-state index contributed by atoms with van der Waals surface area (Å²) in [5, 5.41) is 4.01. The van der Waals surface area contributed by atoms with E-state index < -0.39 is 18.2 Å². The number of hydrogen-bond acceptors (Lipinski definition) is 6. The van der Waals surface area contributed by atoms with Gasteiger partial charge in [-0.15, -0.1) is 0 Å². The van der Waals surface area contributed by atoms with Crippen molar-refractivity contribution in [3.63, 3.8) is 0 Å². The van der Waals surface area contributed by atoms with Crippen molar-refractivity contribution in [1.82, 2.24) is 0 Å². The Kier molecular flexibility index (Phi) is 12.8. The van der Waals surface area contributed by atoms with E-state index >= 15 is 0 Å². The van der Waals surface area contributed by atoms with E-state index in [0.29, 0.717) is 6.61 Å². The predicted octanol–water partition coefficient (Wildman–Crippen LogP) is 6.84. The molecule has 0 radical (unpaired) electrons. The maximum atomic E-state index is 13.7. The van der Waals surface area contributed by atoms with E-state index in [0.717, 1.165) is 22.3 Å². The van der Waals surface area contributed by atoms with Gasteiger partial charge in [-0.2, -0.15) is 0 Å². The SMILES string of the molecule is [N-]=[N+]=N[C@H](COCc1ccccc1)[C@H](OCc1ccccc1)[C@H](OCc1ccccc1)C(=O)COCc1ccccc1. The van der Waals surface area contributed by atoms with Gasteiger partial charge in [0.1, 0.15) is 18.8 Å². The fourth-order valence-electron chi connectivity index (χ4n) is 4.36. The number of benzene rings is 4. The number of azide groups is 1. The van der Waals surface area contributed by atoms with Crippen molar-refractivity contribution in [3.05, 3.63) is 154 Å². The highest BCUT2D eigenvalue weighted by Gasteiger charge is 2.36. The molecule has 0 aliphatic carbocycles. The smallest absolute Gasteiger partial charge is 0.189 e. The zero-order chi connectivity index (χ0) is 29.2. The molecule has 3 atom stereocenters. The average Bonchev–Trinajstić information content (AvgIpc) is 3.04. The van der Waals surface area contributed by atoms with Gasteiger partial charge in [0.15, 0.2) is 5.78 Å². The van der Waals surface area contributed by atoms with Crippen LogP contribution in [0.15, 0.2) is 126 Å². The first-order valence-corrected chi connectivity index (χ1v) is 13.8. The van der Waals surface area contributed by atoms with E-state index in [1.807, 2.05) is 121 Å². The summed E-state index contributed by atoms with van der Waals surface area (Å²) in [7, 11) is 0. The van der Waals surface area contributed by atoms with Crippen molar-refractivity contribution in [2.75, 3.05) is 13.2 Å². The zero-order valence-corrected chi connectivity index (χ0v) is 23.4. The molecule has 4 rings (SSSR count). The van der Waals surface area contributed by atoms with Gasteiger partial charge in [-0.1, -0.05) is 126 Å². The molecule has 0 unspecified atom stereocenters. The zero-order valence-electron chi connectivity index (χ0n) is 23.4. The number of hydrogen-bond donors (Lipinski definition) is 0. The van der Waals surface area contributed by atoms with Gasteiger partial charge in [-0.05, 0) is 27.8 Å². The van der Waals surface area contributed by atoms with Crippen molar-refractivity contribution in [1.29, 1.82) is 0 Å². The molecule has 0 heterocycles. The molecule has 0 aliphatic rings. The molecule has 4 aromatic rings. The van der Waals surface area contributed by atoms with E-state index in [-0.39, 0.29) is 38.8 Å². The summed E-state index contributed by atoms with van der Waals surface area (Å²) >= 11 is 0. The summed E-state index contributed by atoms with van der Waals surface area (Å²) in [4.78, 5) is 16.8. The van der Waals surface area contributed by atoms with Gasteiger partial charge >= 0.3 is 0 Å². The predicted molar refractivity (Wildman–Crippen MR) is 160 cm³/mol. The molecule has 0 spiro atoms. The second-order valence-corrected chi connectivity index (χ2v) is 9.70. The summed E-state index contributed by atoms with van der Waals surface area (Å²) in [6.45, 7) is 0.760. The molecule has 8 nitrogen and oxygen atoms in total. The summed E-state index contributed by atoms with van der Waals surface area (Å²) in [6, 6.07) is 37.6. The van der Waals surface area contributed by atoms with Gasteiger partial charge in [0.05, 0.1) is 39.1 Å². The van der Waals surface area contributed by atoms with Gasteiger partial charge in [0, 0.05) is 4.91 Å². The molecule has 8 heteroatoms. The van der Waals surface area contributed by atoms with Crippen LogP contribution in [0.25, 0.3) is 10.4 Å². The van der Waals surface area contributed by atoms with Crippen LogP contribution in [0.3, 0.4) is 0 Å². The lowest BCUT2D eigenvalue weighted by Crippen LogP contribution is -2.47. The van der Waals surface area contributed by atoms with Crippen molar-refractivity contribution < 1.29 is 23.7 Å². The molecular weight excluding hydrogens is 530 g/mol. The monoisotopic (exact) mass is 565 g/mol. The van der Waals surface area contributed by atoms with E-state index in [1.165, 1.54) is 0 Å². The maximum Gasteiger partial charge on any atom is 0.189 e. The lowest BCUT2D eigenvalue weighted by molar-refractivity contribution is -0.154. The molecule has 0 fully saturated rings. The lowest BCUT2D eigenvalue weighted by atomic mass is 10.0. The second kappa shape index (κ2) is 17.5. The van der Waals surface area contributed by atoms with Crippen LogP contribution in [0, 0.1) is 0 Å². The third-order valence-electron chi connectivity index (χ3n) is 6.51. The normalized spacial score (nSPS) is 13.0. The quantitative estimate of drug-likeness (QED) is 0.0747. The minimum Gasteiger partial charge on any atom is -0.376 e. The summed E-state index contributed by atoms with van der Waals surface area (Å²) in [6.07, 6.45) is -2.02. The lowest BCUT2D eigenvalue weighted by Gasteiger charge is -2.31.